The van der Waals surface area contributed by atoms with Crippen molar-refractivity contribution >= 4 is 11.4 Å². The number of hydrogen-bond donors (Lipinski definition) is 1. The van der Waals surface area contributed by atoms with Gasteiger partial charge in [-0.05, 0) is 29.7 Å². The Kier molecular flexibility index (Phi) is 3.20. The molecule has 0 aromatic heterocycles. The van der Waals surface area contributed by atoms with Crippen LogP contribution in [-0.2, 0) is 6.42 Å². The van der Waals surface area contributed by atoms with Crippen molar-refractivity contribution in [3.63, 3.8) is 0 Å². The monoisotopic (exact) mass is 284 g/mol. The first-order valence-corrected chi connectivity index (χ1v) is 7.47. The molecule has 0 heterocycles. The quantitative estimate of drug-likeness (QED) is 0.540. The lowest BCUT2D eigenvalue weighted by Gasteiger charge is -2.21. The van der Waals surface area contributed by atoms with Gasteiger partial charge in [-0.3, -0.25) is 5.43 Å². The lowest BCUT2D eigenvalue weighted by atomic mass is 9.85. The smallest absolute Gasteiger partial charge is 0.0983 e. The third kappa shape index (κ3) is 2.29. The Morgan fingerprint density at radius 1 is 0.636 bits per heavy atom. The lowest BCUT2D eigenvalue weighted by Crippen LogP contribution is -2.17. The SMILES string of the molecule is c1ccc(NN=C2c3ccccc3Cc3ccccc32)cc1. The van der Waals surface area contributed by atoms with Crippen LogP contribution in [0.1, 0.15) is 22.3 Å². The molecule has 3 aromatic carbocycles. The highest BCUT2D eigenvalue weighted by Gasteiger charge is 2.20. The van der Waals surface area contributed by atoms with Gasteiger partial charge in [-0.2, -0.15) is 5.10 Å². The zero-order valence-corrected chi connectivity index (χ0v) is 12.2. The molecular formula is C20H16N2. The second-order valence-corrected chi connectivity index (χ2v) is 5.43. The molecular weight excluding hydrogens is 268 g/mol. The van der Waals surface area contributed by atoms with Gasteiger partial charge in [0.05, 0.1) is 11.4 Å². The van der Waals surface area contributed by atoms with Gasteiger partial charge in [0.25, 0.3) is 0 Å². The first-order chi connectivity index (χ1) is 10.9. The maximum atomic E-state index is 4.70. The van der Waals surface area contributed by atoms with Crippen LogP contribution in [0.15, 0.2) is 84.0 Å². The van der Waals surface area contributed by atoms with Crippen molar-refractivity contribution in [1.82, 2.24) is 0 Å². The molecule has 0 fully saturated rings. The molecule has 2 nitrogen and oxygen atoms in total. The maximum absolute atomic E-state index is 4.70. The maximum Gasteiger partial charge on any atom is 0.0983 e. The number of rotatable bonds is 2. The third-order valence-corrected chi connectivity index (χ3v) is 4.00. The van der Waals surface area contributed by atoms with E-state index in [1.807, 2.05) is 30.3 Å². The molecule has 0 radical (unpaired) electrons. The minimum Gasteiger partial charge on any atom is -0.278 e. The number of para-hydroxylation sites is 1. The number of anilines is 1. The summed E-state index contributed by atoms with van der Waals surface area (Å²) in [4.78, 5) is 0. The second-order valence-electron chi connectivity index (χ2n) is 5.43. The molecule has 0 saturated heterocycles. The van der Waals surface area contributed by atoms with Crippen molar-refractivity contribution in [2.45, 2.75) is 6.42 Å². The fourth-order valence-corrected chi connectivity index (χ4v) is 2.91. The zero-order chi connectivity index (χ0) is 14.8. The van der Waals surface area contributed by atoms with Crippen LogP contribution in [0.4, 0.5) is 5.69 Å². The fourth-order valence-electron chi connectivity index (χ4n) is 2.91. The van der Waals surface area contributed by atoms with E-state index in [1.165, 1.54) is 22.3 Å². The summed E-state index contributed by atoms with van der Waals surface area (Å²) in [5.41, 5.74) is 10.3. The first-order valence-electron chi connectivity index (χ1n) is 7.47. The van der Waals surface area contributed by atoms with Crippen LogP contribution in [0.5, 0.6) is 0 Å². The van der Waals surface area contributed by atoms with Gasteiger partial charge in [0.1, 0.15) is 0 Å². The molecule has 4 rings (SSSR count). The number of fused-ring (bicyclic) bond motifs is 2. The molecule has 1 N–H and O–H groups in total. The number of benzene rings is 3. The van der Waals surface area contributed by atoms with Crippen LogP contribution in [0.3, 0.4) is 0 Å². The predicted molar refractivity (Wildman–Crippen MR) is 91.4 cm³/mol. The van der Waals surface area contributed by atoms with Crippen LogP contribution in [0.25, 0.3) is 0 Å². The summed E-state index contributed by atoms with van der Waals surface area (Å²) in [6, 6.07) is 27.1. The molecule has 0 spiro atoms. The van der Waals surface area contributed by atoms with Crippen molar-refractivity contribution in [1.29, 1.82) is 0 Å². The first kappa shape index (κ1) is 12.8. The van der Waals surface area contributed by atoms with Crippen molar-refractivity contribution in [3.8, 4) is 0 Å². The summed E-state index contributed by atoms with van der Waals surface area (Å²) in [5.74, 6) is 0. The Labute approximate surface area is 130 Å². The predicted octanol–water partition coefficient (Wildman–Crippen LogP) is 4.46. The fraction of sp³-hybridized carbons (Fsp3) is 0.0500. The molecule has 1 aliphatic carbocycles. The van der Waals surface area contributed by atoms with Gasteiger partial charge in [-0.25, -0.2) is 0 Å². The summed E-state index contributed by atoms with van der Waals surface area (Å²) in [5, 5.41) is 4.70. The van der Waals surface area contributed by atoms with Crippen LogP contribution in [-0.4, -0.2) is 5.71 Å². The van der Waals surface area contributed by atoms with E-state index in [2.05, 4.69) is 54.0 Å². The van der Waals surface area contributed by atoms with Crippen molar-refractivity contribution in [2.24, 2.45) is 5.10 Å². The van der Waals surface area contributed by atoms with E-state index in [1.54, 1.807) is 0 Å². The second kappa shape index (κ2) is 5.49. The van der Waals surface area contributed by atoms with Crippen LogP contribution >= 0.6 is 0 Å². The van der Waals surface area contributed by atoms with Crippen molar-refractivity contribution in [2.75, 3.05) is 5.43 Å². The van der Waals surface area contributed by atoms with Crippen molar-refractivity contribution in [3.05, 3.63) is 101 Å². The number of hydrazone groups is 1. The Balaban J connectivity index is 1.81. The van der Waals surface area contributed by atoms with Gasteiger partial charge in [0.2, 0.25) is 0 Å². The molecule has 1 aliphatic rings. The summed E-state index contributed by atoms with van der Waals surface area (Å²) in [6.45, 7) is 0. The van der Waals surface area contributed by atoms with Gasteiger partial charge in [0, 0.05) is 11.1 Å². The minimum atomic E-state index is 0.969. The molecule has 0 aliphatic heterocycles. The number of nitrogens with one attached hydrogen (secondary N) is 1. The Hall–Kier alpha value is -2.87. The molecule has 0 amide bonds. The zero-order valence-electron chi connectivity index (χ0n) is 12.2. The van der Waals surface area contributed by atoms with Gasteiger partial charge < -0.3 is 0 Å². The van der Waals surface area contributed by atoms with E-state index < -0.39 is 0 Å². The average molecular weight is 284 g/mol. The molecule has 0 bridgehead atoms. The van der Waals surface area contributed by atoms with Gasteiger partial charge in [-0.15, -0.1) is 0 Å². The molecule has 0 unspecified atom stereocenters. The van der Waals surface area contributed by atoms with Gasteiger partial charge in [-0.1, -0.05) is 66.7 Å². The molecule has 0 atom stereocenters. The largest absolute Gasteiger partial charge is 0.278 e. The van der Waals surface area contributed by atoms with E-state index in [-0.39, 0.29) is 0 Å². The summed E-state index contributed by atoms with van der Waals surface area (Å²) in [6.07, 6.45) is 0.969. The number of nitrogens with zero attached hydrogens (tertiary/aromatic N) is 1. The van der Waals surface area contributed by atoms with Gasteiger partial charge in [0.15, 0.2) is 0 Å². The lowest BCUT2D eigenvalue weighted by molar-refractivity contribution is 1.14. The van der Waals surface area contributed by atoms with Gasteiger partial charge >= 0.3 is 0 Å². The average Bonchev–Trinajstić information content (AvgIpc) is 2.59. The number of hydrogen-bond acceptors (Lipinski definition) is 2. The Morgan fingerprint density at radius 3 is 1.82 bits per heavy atom. The van der Waals surface area contributed by atoms with E-state index in [0.717, 1.165) is 17.8 Å². The standard InChI is InChI=1S/C20H16N2/c1-2-10-17(11-3-1)21-22-20-18-12-6-4-8-15(18)14-16-9-5-7-13-19(16)20/h1-13,21H,14H2. The molecule has 106 valence electrons. The highest BCUT2D eigenvalue weighted by Crippen LogP contribution is 2.27. The minimum absolute atomic E-state index is 0.969. The van der Waals surface area contributed by atoms with Crippen LogP contribution in [0.2, 0.25) is 0 Å². The highest BCUT2D eigenvalue weighted by molar-refractivity contribution is 6.16. The molecule has 3 aromatic rings. The van der Waals surface area contributed by atoms with E-state index in [4.69, 9.17) is 5.10 Å². The Bertz CT molecular complexity index is 788. The highest BCUT2D eigenvalue weighted by atomic mass is 15.3. The molecule has 2 heteroatoms. The van der Waals surface area contributed by atoms with Crippen LogP contribution < -0.4 is 5.43 Å². The summed E-state index contributed by atoms with van der Waals surface area (Å²) in [7, 11) is 0. The van der Waals surface area contributed by atoms with Crippen LogP contribution in [0, 0.1) is 0 Å². The summed E-state index contributed by atoms with van der Waals surface area (Å²) < 4.78 is 0. The topological polar surface area (TPSA) is 24.4 Å². The molecule has 0 saturated carbocycles. The summed E-state index contributed by atoms with van der Waals surface area (Å²) >= 11 is 0. The normalized spacial score (nSPS) is 12.3. The van der Waals surface area contributed by atoms with E-state index in [9.17, 15) is 0 Å². The van der Waals surface area contributed by atoms with E-state index in [0.29, 0.717) is 0 Å². The molecule has 22 heavy (non-hydrogen) atoms. The third-order valence-electron chi connectivity index (χ3n) is 4.00. The van der Waals surface area contributed by atoms with Crippen molar-refractivity contribution < 1.29 is 0 Å². The van der Waals surface area contributed by atoms with E-state index >= 15 is 0 Å². The Morgan fingerprint density at radius 2 is 1.18 bits per heavy atom.